The first-order valence-corrected chi connectivity index (χ1v) is 35.0. The lowest BCUT2D eigenvalue weighted by Gasteiger charge is -2.18. The van der Waals surface area contributed by atoms with Crippen molar-refractivity contribution in [2.45, 2.75) is 419 Å². The number of hydrogen-bond donors (Lipinski definition) is 0. The van der Waals surface area contributed by atoms with Gasteiger partial charge in [-0.05, 0) is 19.3 Å². The second-order valence-corrected chi connectivity index (χ2v) is 24.2. The average molecular weight is 1070 g/mol. The van der Waals surface area contributed by atoms with Crippen LogP contribution >= 0.6 is 0 Å². The van der Waals surface area contributed by atoms with Crippen LogP contribution in [0.25, 0.3) is 0 Å². The van der Waals surface area contributed by atoms with Crippen molar-refractivity contribution in [3.63, 3.8) is 0 Å². The third-order valence-electron chi connectivity index (χ3n) is 16.4. The summed E-state index contributed by atoms with van der Waals surface area (Å²) in [6.07, 6.45) is 77.3. The van der Waals surface area contributed by atoms with E-state index < -0.39 is 6.10 Å². The van der Waals surface area contributed by atoms with Gasteiger partial charge in [0.2, 0.25) is 0 Å². The number of hydrogen-bond acceptors (Lipinski definition) is 6. The molecule has 0 aliphatic rings. The Morgan fingerprint density at radius 1 is 0.211 bits per heavy atom. The van der Waals surface area contributed by atoms with Gasteiger partial charge in [-0.2, -0.15) is 0 Å². The minimum absolute atomic E-state index is 0.0607. The molecule has 0 N–H and O–H groups in total. The highest BCUT2D eigenvalue weighted by Crippen LogP contribution is 2.19. The van der Waals surface area contributed by atoms with Gasteiger partial charge in [-0.15, -0.1) is 0 Å². The molecule has 0 aliphatic carbocycles. The fourth-order valence-corrected chi connectivity index (χ4v) is 11.1. The van der Waals surface area contributed by atoms with E-state index in [2.05, 4.69) is 20.8 Å². The largest absolute Gasteiger partial charge is 0.462 e. The summed E-state index contributed by atoms with van der Waals surface area (Å²) in [5, 5.41) is 0. The van der Waals surface area contributed by atoms with Crippen LogP contribution in [-0.2, 0) is 28.6 Å². The van der Waals surface area contributed by atoms with Crippen LogP contribution in [0.1, 0.15) is 412 Å². The monoisotopic (exact) mass is 1070 g/mol. The van der Waals surface area contributed by atoms with Crippen LogP contribution in [0.3, 0.4) is 0 Å². The zero-order valence-corrected chi connectivity index (χ0v) is 52.1. The number of rotatable bonds is 66. The van der Waals surface area contributed by atoms with Gasteiger partial charge in [0.1, 0.15) is 13.2 Å². The molecule has 76 heavy (non-hydrogen) atoms. The highest BCUT2D eigenvalue weighted by atomic mass is 16.6. The van der Waals surface area contributed by atoms with Crippen molar-refractivity contribution in [1.82, 2.24) is 0 Å². The summed E-state index contributed by atoms with van der Waals surface area (Å²) in [6, 6.07) is 0. The van der Waals surface area contributed by atoms with Gasteiger partial charge in [-0.25, -0.2) is 0 Å². The van der Waals surface area contributed by atoms with Gasteiger partial charge in [0.25, 0.3) is 0 Å². The Kier molecular flexibility index (Phi) is 64.5. The third-order valence-corrected chi connectivity index (χ3v) is 16.4. The molecule has 0 heterocycles. The number of esters is 3. The molecule has 0 rings (SSSR count). The predicted molar refractivity (Wildman–Crippen MR) is 330 cm³/mol. The van der Waals surface area contributed by atoms with Crippen molar-refractivity contribution in [3.8, 4) is 0 Å². The molecule has 452 valence electrons. The normalized spacial score (nSPS) is 11.9. The van der Waals surface area contributed by atoms with Crippen LogP contribution in [0.15, 0.2) is 0 Å². The molecule has 0 aromatic rings. The molecule has 0 saturated heterocycles. The van der Waals surface area contributed by atoms with E-state index in [0.29, 0.717) is 19.3 Å². The van der Waals surface area contributed by atoms with E-state index in [1.165, 1.54) is 315 Å². The van der Waals surface area contributed by atoms with E-state index in [0.717, 1.165) is 57.8 Å². The van der Waals surface area contributed by atoms with Crippen molar-refractivity contribution < 1.29 is 28.6 Å². The van der Waals surface area contributed by atoms with Gasteiger partial charge >= 0.3 is 17.9 Å². The van der Waals surface area contributed by atoms with Gasteiger partial charge in [-0.1, -0.05) is 374 Å². The Hall–Kier alpha value is -1.59. The topological polar surface area (TPSA) is 78.9 Å². The van der Waals surface area contributed by atoms with E-state index in [4.69, 9.17) is 14.2 Å². The zero-order valence-electron chi connectivity index (χ0n) is 52.1. The first-order valence-electron chi connectivity index (χ1n) is 35.0. The van der Waals surface area contributed by atoms with Gasteiger partial charge in [0.15, 0.2) is 6.10 Å². The predicted octanol–water partition coefficient (Wildman–Crippen LogP) is 23.8. The minimum atomic E-state index is -0.762. The third kappa shape index (κ3) is 63.2. The van der Waals surface area contributed by atoms with Gasteiger partial charge < -0.3 is 14.2 Å². The van der Waals surface area contributed by atoms with Crippen LogP contribution in [0.5, 0.6) is 0 Å². The number of carbonyl (C=O) groups is 3. The lowest BCUT2D eigenvalue weighted by molar-refractivity contribution is -0.167. The number of ether oxygens (including phenoxy) is 3. The van der Waals surface area contributed by atoms with Crippen LogP contribution in [-0.4, -0.2) is 37.2 Å². The smallest absolute Gasteiger partial charge is 0.306 e. The molecule has 0 aromatic heterocycles. The second kappa shape index (κ2) is 65.9. The summed E-state index contributed by atoms with van der Waals surface area (Å²) < 4.78 is 16.9. The summed E-state index contributed by atoms with van der Waals surface area (Å²) in [5.41, 5.74) is 0. The average Bonchev–Trinajstić information content (AvgIpc) is 3.42. The molecular formula is C70H136O6. The highest BCUT2D eigenvalue weighted by Gasteiger charge is 2.19. The van der Waals surface area contributed by atoms with Crippen molar-refractivity contribution in [2.75, 3.05) is 13.2 Å². The summed E-state index contributed by atoms with van der Waals surface area (Å²) >= 11 is 0. The maximum absolute atomic E-state index is 12.9. The molecule has 6 nitrogen and oxygen atoms in total. The van der Waals surface area contributed by atoms with Crippen LogP contribution in [0.4, 0.5) is 0 Å². The fraction of sp³-hybridized carbons (Fsp3) is 0.957. The molecule has 1 unspecified atom stereocenters. The number of unbranched alkanes of at least 4 members (excludes halogenated alkanes) is 55. The van der Waals surface area contributed by atoms with Crippen molar-refractivity contribution >= 4 is 17.9 Å². The van der Waals surface area contributed by atoms with Crippen LogP contribution in [0.2, 0.25) is 0 Å². The highest BCUT2D eigenvalue weighted by molar-refractivity contribution is 5.71. The zero-order chi connectivity index (χ0) is 55.0. The molecule has 0 bridgehead atoms. The van der Waals surface area contributed by atoms with E-state index in [1.807, 2.05) is 0 Å². The Balaban J connectivity index is 4.03. The van der Waals surface area contributed by atoms with E-state index in [-0.39, 0.29) is 31.1 Å². The molecule has 0 spiro atoms. The summed E-state index contributed by atoms with van der Waals surface area (Å²) in [7, 11) is 0. The van der Waals surface area contributed by atoms with Gasteiger partial charge in [0.05, 0.1) is 0 Å². The second-order valence-electron chi connectivity index (χ2n) is 24.2. The molecule has 0 saturated carbocycles. The molecular weight excluding hydrogens is 937 g/mol. The van der Waals surface area contributed by atoms with E-state index >= 15 is 0 Å². The molecule has 0 aliphatic heterocycles. The summed E-state index contributed by atoms with van der Waals surface area (Å²) in [5.74, 6) is -0.827. The first-order chi connectivity index (χ1) is 37.5. The molecule has 1 atom stereocenters. The SMILES string of the molecule is CCCCCCCCCCCCCCCCCCCCCCCCCCCCCCCCCC(=O)OCC(COC(=O)CCCCCCCCCCCC)OC(=O)CCCCCCCCCCCCCCCCCCC. The minimum Gasteiger partial charge on any atom is -0.462 e. The molecule has 0 radical (unpaired) electrons. The molecule has 0 aromatic carbocycles. The quantitative estimate of drug-likeness (QED) is 0.0343. The Morgan fingerprint density at radius 2 is 0.355 bits per heavy atom. The Labute approximate surface area is 476 Å². The van der Waals surface area contributed by atoms with E-state index in [9.17, 15) is 14.4 Å². The Bertz CT molecular complexity index is 1140. The maximum atomic E-state index is 12.9. The first kappa shape index (κ1) is 74.4. The fourth-order valence-electron chi connectivity index (χ4n) is 11.1. The van der Waals surface area contributed by atoms with Gasteiger partial charge in [-0.3, -0.25) is 14.4 Å². The lowest BCUT2D eigenvalue weighted by atomic mass is 10.0. The maximum Gasteiger partial charge on any atom is 0.306 e. The lowest BCUT2D eigenvalue weighted by Crippen LogP contribution is -2.30. The Morgan fingerprint density at radius 3 is 0.526 bits per heavy atom. The molecule has 6 heteroatoms. The molecule has 0 fully saturated rings. The van der Waals surface area contributed by atoms with Crippen molar-refractivity contribution in [1.29, 1.82) is 0 Å². The van der Waals surface area contributed by atoms with Crippen molar-refractivity contribution in [2.24, 2.45) is 0 Å². The van der Waals surface area contributed by atoms with E-state index in [1.54, 1.807) is 0 Å². The summed E-state index contributed by atoms with van der Waals surface area (Å²) in [4.78, 5) is 38.2. The standard InChI is InChI=1S/C70H136O6/c1-4-7-10-13-16-19-22-24-26-28-29-30-31-32-33-34-35-36-37-38-39-40-41-43-44-46-48-51-54-57-60-63-69(72)75-66-67(65-74-68(71)62-59-56-53-50-21-18-15-12-9-6-3)76-70(73)64-61-58-55-52-49-47-45-42-27-25-23-20-17-14-11-8-5-2/h67H,4-66H2,1-3H3. The van der Waals surface area contributed by atoms with Crippen LogP contribution in [0, 0.1) is 0 Å². The van der Waals surface area contributed by atoms with Crippen molar-refractivity contribution in [3.05, 3.63) is 0 Å². The number of carbonyl (C=O) groups excluding carboxylic acids is 3. The molecule has 0 amide bonds. The van der Waals surface area contributed by atoms with Gasteiger partial charge in [0, 0.05) is 19.3 Å². The van der Waals surface area contributed by atoms with Crippen LogP contribution < -0.4 is 0 Å². The summed E-state index contributed by atoms with van der Waals surface area (Å²) in [6.45, 7) is 6.72.